The number of nitrogens with zero attached hydrogens (tertiary/aromatic N) is 2. The van der Waals surface area contributed by atoms with Gasteiger partial charge in [-0.1, -0.05) is 26.7 Å². The molecule has 0 bridgehead atoms. The number of amidine groups is 1. The first-order valence-corrected chi connectivity index (χ1v) is 6.74. The zero-order chi connectivity index (χ0) is 13.4. The molecule has 0 saturated heterocycles. The van der Waals surface area contributed by atoms with Crippen LogP contribution in [0.5, 0.6) is 0 Å². The SMILES string of the molecule is CCCCN(CCCC)c1cc(C(=N)N)ccn1. The normalized spacial score (nSPS) is 10.3. The molecule has 0 atom stereocenters. The Labute approximate surface area is 110 Å². The second-order valence-electron chi connectivity index (χ2n) is 4.51. The van der Waals surface area contributed by atoms with Crippen LogP contribution in [0.3, 0.4) is 0 Å². The van der Waals surface area contributed by atoms with Crippen LogP contribution in [0.2, 0.25) is 0 Å². The second-order valence-corrected chi connectivity index (χ2v) is 4.51. The number of nitrogen functional groups attached to an aromatic ring is 1. The average molecular weight is 248 g/mol. The summed E-state index contributed by atoms with van der Waals surface area (Å²) in [6, 6.07) is 3.69. The van der Waals surface area contributed by atoms with Crippen LogP contribution in [0.1, 0.15) is 45.1 Å². The topological polar surface area (TPSA) is 66.0 Å². The minimum atomic E-state index is 0.101. The van der Waals surface area contributed by atoms with Crippen molar-refractivity contribution in [1.29, 1.82) is 5.41 Å². The van der Waals surface area contributed by atoms with E-state index in [1.165, 1.54) is 12.8 Å². The van der Waals surface area contributed by atoms with Gasteiger partial charge in [0.05, 0.1) is 0 Å². The Morgan fingerprint density at radius 3 is 2.39 bits per heavy atom. The fourth-order valence-corrected chi connectivity index (χ4v) is 1.80. The van der Waals surface area contributed by atoms with E-state index in [4.69, 9.17) is 11.1 Å². The zero-order valence-corrected chi connectivity index (χ0v) is 11.4. The van der Waals surface area contributed by atoms with Gasteiger partial charge >= 0.3 is 0 Å². The van der Waals surface area contributed by atoms with Crippen LogP contribution in [0.25, 0.3) is 0 Å². The number of nitrogens with one attached hydrogen (secondary N) is 1. The molecule has 0 aromatic carbocycles. The van der Waals surface area contributed by atoms with Crippen molar-refractivity contribution in [3.63, 3.8) is 0 Å². The lowest BCUT2D eigenvalue weighted by molar-refractivity contribution is 0.671. The molecule has 1 heterocycles. The third kappa shape index (κ3) is 4.35. The van der Waals surface area contributed by atoms with Crippen molar-refractivity contribution in [1.82, 2.24) is 4.98 Å². The van der Waals surface area contributed by atoms with Crippen LogP contribution in [-0.2, 0) is 0 Å². The Kier molecular flexibility index (Phi) is 6.19. The van der Waals surface area contributed by atoms with E-state index in [-0.39, 0.29) is 5.84 Å². The molecule has 1 aromatic rings. The average Bonchev–Trinajstić information content (AvgIpc) is 2.39. The van der Waals surface area contributed by atoms with Crippen LogP contribution >= 0.6 is 0 Å². The van der Waals surface area contributed by atoms with Gasteiger partial charge < -0.3 is 10.6 Å². The van der Waals surface area contributed by atoms with Gasteiger partial charge in [0.2, 0.25) is 0 Å². The maximum atomic E-state index is 7.48. The van der Waals surface area contributed by atoms with Gasteiger partial charge in [0.15, 0.2) is 0 Å². The molecule has 0 unspecified atom stereocenters. The Bertz CT molecular complexity index is 368. The first-order valence-electron chi connectivity index (χ1n) is 6.74. The van der Waals surface area contributed by atoms with Gasteiger partial charge in [0.25, 0.3) is 0 Å². The summed E-state index contributed by atoms with van der Waals surface area (Å²) >= 11 is 0. The molecule has 100 valence electrons. The number of unbranched alkanes of at least 4 members (excludes halogenated alkanes) is 2. The number of rotatable bonds is 8. The third-order valence-electron chi connectivity index (χ3n) is 2.94. The molecule has 0 aliphatic rings. The Morgan fingerprint density at radius 2 is 1.89 bits per heavy atom. The number of hydrogen-bond acceptors (Lipinski definition) is 3. The Hall–Kier alpha value is -1.58. The molecule has 4 nitrogen and oxygen atoms in total. The van der Waals surface area contributed by atoms with Crippen LogP contribution in [0.4, 0.5) is 5.82 Å². The van der Waals surface area contributed by atoms with Crippen LogP contribution in [0, 0.1) is 5.41 Å². The summed E-state index contributed by atoms with van der Waals surface area (Å²) in [5.74, 6) is 1.04. The van der Waals surface area contributed by atoms with E-state index < -0.39 is 0 Å². The van der Waals surface area contributed by atoms with Gasteiger partial charge in [-0.05, 0) is 25.0 Å². The summed E-state index contributed by atoms with van der Waals surface area (Å²) in [4.78, 5) is 6.69. The van der Waals surface area contributed by atoms with Crippen LogP contribution < -0.4 is 10.6 Å². The predicted molar refractivity (Wildman–Crippen MR) is 77.3 cm³/mol. The molecule has 0 aliphatic carbocycles. The highest BCUT2D eigenvalue weighted by Gasteiger charge is 2.08. The van der Waals surface area contributed by atoms with E-state index in [0.717, 1.165) is 37.3 Å². The number of nitrogens with two attached hydrogens (primary N) is 1. The first kappa shape index (κ1) is 14.5. The molecule has 3 N–H and O–H groups in total. The summed E-state index contributed by atoms with van der Waals surface area (Å²) in [6.07, 6.45) is 6.41. The predicted octanol–water partition coefficient (Wildman–Crippen LogP) is 2.77. The standard InChI is InChI=1S/C14H24N4/c1-3-5-9-18(10-6-4-2)13-11-12(14(15)16)7-8-17-13/h7-8,11H,3-6,9-10H2,1-2H3,(H3,15,16). The van der Waals surface area contributed by atoms with Gasteiger partial charge in [-0.15, -0.1) is 0 Å². The Morgan fingerprint density at radius 1 is 1.28 bits per heavy atom. The fraction of sp³-hybridized carbons (Fsp3) is 0.571. The van der Waals surface area contributed by atoms with Crippen molar-refractivity contribution in [3.8, 4) is 0 Å². The Balaban J connectivity index is 2.82. The molecular weight excluding hydrogens is 224 g/mol. The quantitative estimate of drug-likeness (QED) is 0.549. The van der Waals surface area contributed by atoms with E-state index in [9.17, 15) is 0 Å². The maximum absolute atomic E-state index is 7.48. The molecule has 4 heteroatoms. The lowest BCUT2D eigenvalue weighted by Crippen LogP contribution is -2.27. The first-order chi connectivity index (χ1) is 8.69. The summed E-state index contributed by atoms with van der Waals surface area (Å²) in [5, 5.41) is 7.48. The van der Waals surface area contributed by atoms with E-state index >= 15 is 0 Å². The molecular formula is C14H24N4. The van der Waals surface area contributed by atoms with Crippen molar-refractivity contribution >= 4 is 11.7 Å². The van der Waals surface area contributed by atoms with Crippen molar-refractivity contribution in [2.45, 2.75) is 39.5 Å². The highest BCUT2D eigenvalue weighted by Crippen LogP contribution is 2.14. The lowest BCUT2D eigenvalue weighted by atomic mass is 10.2. The largest absolute Gasteiger partial charge is 0.384 e. The molecule has 1 aromatic heterocycles. The number of anilines is 1. The number of hydrogen-bond donors (Lipinski definition) is 2. The molecule has 1 rings (SSSR count). The lowest BCUT2D eigenvalue weighted by Gasteiger charge is -2.23. The molecule has 0 fully saturated rings. The maximum Gasteiger partial charge on any atom is 0.129 e. The highest BCUT2D eigenvalue weighted by molar-refractivity contribution is 5.95. The summed E-state index contributed by atoms with van der Waals surface area (Å²) in [5.41, 5.74) is 6.27. The van der Waals surface area contributed by atoms with Gasteiger partial charge in [0.1, 0.15) is 11.7 Å². The third-order valence-corrected chi connectivity index (χ3v) is 2.94. The molecule has 0 aliphatic heterocycles. The van der Waals surface area contributed by atoms with Crippen molar-refractivity contribution in [2.24, 2.45) is 5.73 Å². The van der Waals surface area contributed by atoms with Crippen molar-refractivity contribution in [3.05, 3.63) is 23.9 Å². The molecule has 0 saturated carbocycles. The van der Waals surface area contributed by atoms with E-state index in [0.29, 0.717) is 0 Å². The van der Waals surface area contributed by atoms with Gasteiger partial charge in [-0.3, -0.25) is 5.41 Å². The number of aromatic nitrogens is 1. The van der Waals surface area contributed by atoms with E-state index in [1.54, 1.807) is 12.3 Å². The van der Waals surface area contributed by atoms with E-state index in [2.05, 4.69) is 23.7 Å². The van der Waals surface area contributed by atoms with Crippen LogP contribution in [0.15, 0.2) is 18.3 Å². The molecule has 0 amide bonds. The number of pyridine rings is 1. The van der Waals surface area contributed by atoms with Crippen LogP contribution in [-0.4, -0.2) is 23.9 Å². The van der Waals surface area contributed by atoms with E-state index in [1.807, 2.05) is 6.07 Å². The summed E-state index contributed by atoms with van der Waals surface area (Å²) in [6.45, 7) is 6.42. The zero-order valence-electron chi connectivity index (χ0n) is 11.4. The summed E-state index contributed by atoms with van der Waals surface area (Å²) < 4.78 is 0. The van der Waals surface area contributed by atoms with Gasteiger partial charge in [0, 0.05) is 24.8 Å². The smallest absolute Gasteiger partial charge is 0.129 e. The van der Waals surface area contributed by atoms with Gasteiger partial charge in [-0.2, -0.15) is 0 Å². The van der Waals surface area contributed by atoms with Crippen molar-refractivity contribution < 1.29 is 0 Å². The summed E-state index contributed by atoms with van der Waals surface area (Å²) in [7, 11) is 0. The minimum absolute atomic E-state index is 0.101. The molecule has 0 spiro atoms. The fourth-order valence-electron chi connectivity index (χ4n) is 1.80. The second kappa shape index (κ2) is 7.69. The monoisotopic (exact) mass is 248 g/mol. The van der Waals surface area contributed by atoms with Gasteiger partial charge in [-0.25, -0.2) is 4.98 Å². The minimum Gasteiger partial charge on any atom is -0.384 e. The molecule has 18 heavy (non-hydrogen) atoms. The highest BCUT2D eigenvalue weighted by atomic mass is 15.2. The molecule has 0 radical (unpaired) electrons. The van der Waals surface area contributed by atoms with Crippen molar-refractivity contribution in [2.75, 3.05) is 18.0 Å².